The highest BCUT2D eigenvalue weighted by molar-refractivity contribution is 5.81. The van der Waals surface area contributed by atoms with Crippen molar-refractivity contribution in [2.24, 2.45) is 0 Å². The summed E-state index contributed by atoms with van der Waals surface area (Å²) in [6, 6.07) is 7.23. The van der Waals surface area contributed by atoms with Gasteiger partial charge in [-0.2, -0.15) is 0 Å². The topological polar surface area (TPSA) is 83.0 Å². The number of nitrogens with one attached hydrogen (secondary N) is 1. The van der Waals surface area contributed by atoms with E-state index in [1.807, 2.05) is 13.0 Å². The molecule has 8 nitrogen and oxygen atoms in total. The van der Waals surface area contributed by atoms with E-state index in [4.69, 9.17) is 19.4 Å². The van der Waals surface area contributed by atoms with Crippen LogP contribution in [0, 0.1) is 11.6 Å². The summed E-state index contributed by atoms with van der Waals surface area (Å²) >= 11 is 0. The van der Waals surface area contributed by atoms with E-state index in [1.54, 1.807) is 6.20 Å². The monoisotopic (exact) mass is 499 g/mol. The van der Waals surface area contributed by atoms with Gasteiger partial charge in [-0.25, -0.2) is 13.8 Å². The van der Waals surface area contributed by atoms with Gasteiger partial charge in [0.05, 0.1) is 55.8 Å². The van der Waals surface area contributed by atoms with Crippen LogP contribution in [-0.4, -0.2) is 78.7 Å². The highest BCUT2D eigenvalue weighted by Gasteiger charge is 2.22. The molecule has 3 heterocycles. The molecule has 1 unspecified atom stereocenters. The van der Waals surface area contributed by atoms with E-state index in [-0.39, 0.29) is 18.8 Å². The van der Waals surface area contributed by atoms with Crippen molar-refractivity contribution in [1.82, 2.24) is 14.9 Å². The molecule has 5 rings (SSSR count). The molecule has 0 bridgehead atoms. The summed E-state index contributed by atoms with van der Waals surface area (Å²) in [7, 11) is 0. The van der Waals surface area contributed by atoms with E-state index >= 15 is 0 Å². The Morgan fingerprint density at radius 3 is 2.61 bits per heavy atom. The summed E-state index contributed by atoms with van der Waals surface area (Å²) in [6.07, 6.45) is 1.59. The number of morpholine rings is 2. The lowest BCUT2D eigenvalue weighted by Gasteiger charge is -2.32. The maximum atomic E-state index is 13.8. The van der Waals surface area contributed by atoms with Crippen molar-refractivity contribution in [3.8, 4) is 0 Å². The minimum absolute atomic E-state index is 0.0135. The van der Waals surface area contributed by atoms with Crippen molar-refractivity contribution >= 4 is 22.5 Å². The molecule has 0 aliphatic carbocycles. The smallest absolute Gasteiger partial charge is 0.148 e. The summed E-state index contributed by atoms with van der Waals surface area (Å²) in [5.74, 6) is -0.491. The molecule has 2 fully saturated rings. The van der Waals surface area contributed by atoms with Crippen LogP contribution in [0.1, 0.15) is 24.1 Å². The molecule has 3 aromatic rings. The summed E-state index contributed by atoms with van der Waals surface area (Å²) in [5, 5.41) is 12.7. The normalized spacial score (nSPS) is 20.0. The van der Waals surface area contributed by atoms with Crippen LogP contribution in [0.5, 0.6) is 0 Å². The van der Waals surface area contributed by atoms with E-state index in [2.05, 4.69) is 21.2 Å². The number of rotatable bonds is 7. The van der Waals surface area contributed by atoms with Gasteiger partial charge in [0.15, 0.2) is 0 Å². The molecule has 2 N–H and O–H groups in total. The zero-order valence-electron chi connectivity index (χ0n) is 20.3. The number of aliphatic hydroxyl groups is 1. The number of benzene rings is 2. The fraction of sp³-hybridized carbons (Fsp3) is 0.462. The Morgan fingerprint density at radius 1 is 1.08 bits per heavy atom. The third kappa shape index (κ3) is 5.73. The van der Waals surface area contributed by atoms with Crippen molar-refractivity contribution in [3.63, 3.8) is 0 Å². The van der Waals surface area contributed by atoms with Crippen molar-refractivity contribution in [3.05, 3.63) is 59.3 Å². The number of fused-ring (bicyclic) bond motifs is 1. The van der Waals surface area contributed by atoms with Gasteiger partial charge in [-0.05, 0) is 30.7 Å². The molecule has 10 heteroatoms. The molecule has 2 aromatic carbocycles. The fourth-order valence-corrected chi connectivity index (χ4v) is 4.82. The minimum Gasteiger partial charge on any atom is -0.394 e. The first-order valence-electron chi connectivity index (χ1n) is 12.3. The van der Waals surface area contributed by atoms with Gasteiger partial charge in [-0.15, -0.1) is 0 Å². The second-order valence-corrected chi connectivity index (χ2v) is 9.32. The lowest BCUT2D eigenvalue weighted by Crippen LogP contribution is -2.43. The zero-order valence-corrected chi connectivity index (χ0v) is 20.3. The molecule has 0 spiro atoms. The van der Waals surface area contributed by atoms with Crippen LogP contribution in [0.4, 0.5) is 20.3 Å². The Labute approximate surface area is 208 Å². The van der Waals surface area contributed by atoms with Gasteiger partial charge in [0, 0.05) is 50.0 Å². The van der Waals surface area contributed by atoms with Gasteiger partial charge in [-0.3, -0.25) is 9.88 Å². The first-order valence-corrected chi connectivity index (χ1v) is 12.3. The number of anilines is 2. The third-order valence-corrected chi connectivity index (χ3v) is 6.60. The number of aliphatic hydroxyl groups excluding tert-OH is 1. The number of hydrogen-bond donors (Lipinski definition) is 2. The quantitative estimate of drug-likeness (QED) is 0.513. The molecule has 0 radical (unpaired) electrons. The Kier molecular flexibility index (Phi) is 7.56. The maximum absolute atomic E-state index is 13.8. The molecule has 2 aliphatic rings. The summed E-state index contributed by atoms with van der Waals surface area (Å²) < 4.78 is 38.7. The predicted octanol–water partition coefficient (Wildman–Crippen LogP) is 3.11. The number of halogens is 2. The highest BCUT2D eigenvalue weighted by Crippen LogP contribution is 2.29. The Balaban J connectivity index is 1.49. The van der Waals surface area contributed by atoms with Gasteiger partial charge in [0.1, 0.15) is 17.5 Å². The lowest BCUT2D eigenvalue weighted by molar-refractivity contribution is -0.0550. The second kappa shape index (κ2) is 11.0. The van der Waals surface area contributed by atoms with E-state index in [0.29, 0.717) is 38.6 Å². The van der Waals surface area contributed by atoms with Crippen molar-refractivity contribution in [2.75, 3.05) is 62.8 Å². The minimum atomic E-state index is -0.636. The molecule has 2 saturated heterocycles. The zero-order chi connectivity index (χ0) is 25.1. The van der Waals surface area contributed by atoms with E-state index in [0.717, 1.165) is 53.7 Å². The molecular formula is C26H31F2N5O3. The molecule has 36 heavy (non-hydrogen) atoms. The summed E-state index contributed by atoms with van der Waals surface area (Å²) in [6.45, 7) is 7.34. The number of nitrogens with zero attached hydrogens (tertiary/aromatic N) is 4. The Morgan fingerprint density at radius 2 is 1.86 bits per heavy atom. The van der Waals surface area contributed by atoms with E-state index in [1.165, 1.54) is 12.1 Å². The van der Waals surface area contributed by atoms with Crippen LogP contribution >= 0.6 is 0 Å². The molecule has 0 amide bonds. The van der Waals surface area contributed by atoms with Crippen molar-refractivity contribution in [1.29, 1.82) is 0 Å². The first kappa shape index (κ1) is 24.8. The Hall–Kier alpha value is -2.92. The second-order valence-electron chi connectivity index (χ2n) is 9.32. The SMILES string of the molecule is CC(Nc1cc(F)cc(F)c1)c1cc(CN2CCO[C@H](CO)C2)cc2ncc(N3CCOCC3)nc12. The van der Waals surface area contributed by atoms with E-state index < -0.39 is 11.6 Å². The van der Waals surface area contributed by atoms with E-state index in [9.17, 15) is 13.9 Å². The first-order chi connectivity index (χ1) is 17.5. The molecule has 1 aromatic heterocycles. The van der Waals surface area contributed by atoms with Gasteiger partial charge in [0.25, 0.3) is 0 Å². The van der Waals surface area contributed by atoms with Crippen LogP contribution in [0.3, 0.4) is 0 Å². The third-order valence-electron chi connectivity index (χ3n) is 6.60. The van der Waals surface area contributed by atoms with Crippen LogP contribution in [-0.2, 0) is 16.0 Å². The van der Waals surface area contributed by atoms with Gasteiger partial charge >= 0.3 is 0 Å². The largest absolute Gasteiger partial charge is 0.394 e. The fourth-order valence-electron chi connectivity index (χ4n) is 4.82. The highest BCUT2D eigenvalue weighted by atomic mass is 19.1. The van der Waals surface area contributed by atoms with Gasteiger partial charge in [0.2, 0.25) is 0 Å². The van der Waals surface area contributed by atoms with Gasteiger partial charge in [-0.1, -0.05) is 6.07 Å². The average Bonchev–Trinajstić information content (AvgIpc) is 2.88. The Bertz CT molecular complexity index is 1190. The molecule has 2 atom stereocenters. The number of ether oxygens (including phenoxy) is 2. The maximum Gasteiger partial charge on any atom is 0.148 e. The number of hydrogen-bond acceptors (Lipinski definition) is 8. The molecule has 2 aliphatic heterocycles. The predicted molar refractivity (Wildman–Crippen MR) is 133 cm³/mol. The molecule has 192 valence electrons. The molecular weight excluding hydrogens is 468 g/mol. The standard InChI is InChI=1S/C26H31F2N5O3/c1-17(30-21-11-19(27)10-20(28)12-21)23-8-18(14-32-2-7-36-22(15-32)16-34)9-24-26(23)31-25(13-29-24)33-3-5-35-6-4-33/h8-13,17,22,30,34H,2-7,14-16H2,1H3/t17?,22-/m0/s1. The van der Waals surface area contributed by atoms with Crippen LogP contribution < -0.4 is 10.2 Å². The van der Waals surface area contributed by atoms with Crippen LogP contribution in [0.2, 0.25) is 0 Å². The lowest BCUT2D eigenvalue weighted by atomic mass is 10.0. The van der Waals surface area contributed by atoms with Crippen molar-refractivity contribution in [2.45, 2.75) is 25.6 Å². The van der Waals surface area contributed by atoms with Crippen LogP contribution in [0.15, 0.2) is 36.5 Å². The van der Waals surface area contributed by atoms with Crippen molar-refractivity contribution < 1.29 is 23.4 Å². The summed E-state index contributed by atoms with van der Waals surface area (Å²) in [4.78, 5) is 14.1. The average molecular weight is 500 g/mol. The van der Waals surface area contributed by atoms with Crippen LogP contribution in [0.25, 0.3) is 11.0 Å². The molecule has 0 saturated carbocycles. The van der Waals surface area contributed by atoms with Gasteiger partial charge < -0.3 is 24.8 Å². The number of aromatic nitrogens is 2. The summed E-state index contributed by atoms with van der Waals surface area (Å²) in [5.41, 5.74) is 3.79.